The summed E-state index contributed by atoms with van der Waals surface area (Å²) in [5, 5.41) is 0. The molecule has 4 nitrogen and oxygen atoms in total. The molecule has 0 unspecified atom stereocenters. The van der Waals surface area contributed by atoms with Crippen LogP contribution in [0.1, 0.15) is 11.1 Å². The molecule has 114 valence electrons. The van der Waals surface area contributed by atoms with Crippen molar-refractivity contribution in [3.8, 4) is 22.6 Å². The second kappa shape index (κ2) is 6.81. The van der Waals surface area contributed by atoms with Gasteiger partial charge in [0.25, 0.3) is 0 Å². The molecule has 0 fully saturated rings. The maximum absolute atomic E-state index is 10.8. The molecule has 2 rings (SSSR count). The number of carbonyl (C=O) groups is 2. The molecule has 0 aliphatic heterocycles. The fourth-order valence-corrected chi connectivity index (χ4v) is 2.23. The van der Waals surface area contributed by atoms with Crippen LogP contribution < -0.4 is 9.47 Å². The average Bonchev–Trinajstić information content (AvgIpc) is 2.42. The Labute approximate surface area is 137 Å². The van der Waals surface area contributed by atoms with Gasteiger partial charge in [-0.25, -0.2) is 9.59 Å². The number of benzene rings is 2. The van der Waals surface area contributed by atoms with E-state index in [-0.39, 0.29) is 0 Å². The van der Waals surface area contributed by atoms with Crippen molar-refractivity contribution in [1.82, 2.24) is 0 Å². The minimum absolute atomic E-state index is 0.410. The molecular weight excluding hydrogens is 327 g/mol. The Hall–Kier alpha value is -2.04. The van der Waals surface area contributed by atoms with Crippen molar-refractivity contribution in [2.45, 2.75) is 13.8 Å². The van der Waals surface area contributed by atoms with E-state index < -0.39 is 10.9 Å². The minimum atomic E-state index is -0.876. The zero-order valence-corrected chi connectivity index (χ0v) is 13.4. The van der Waals surface area contributed by atoms with E-state index in [0.717, 1.165) is 22.3 Å². The smallest absolute Gasteiger partial charge is 0.409 e. The normalized spacial score (nSPS) is 10.2. The van der Waals surface area contributed by atoms with E-state index in [2.05, 4.69) is 0 Å². The SMILES string of the molecule is Cc1cc(-c2ccc(OC(=O)Cl)c(C)c2)ccc1OC(=O)Cl. The predicted octanol–water partition coefficient (Wildman–Crippen LogP) is 5.45. The van der Waals surface area contributed by atoms with Gasteiger partial charge in [0, 0.05) is 23.2 Å². The van der Waals surface area contributed by atoms with E-state index in [1.807, 2.05) is 38.1 Å². The molecule has 0 aliphatic rings. The van der Waals surface area contributed by atoms with Crippen molar-refractivity contribution >= 4 is 34.1 Å². The molecule has 2 aromatic carbocycles. The third kappa shape index (κ3) is 4.00. The van der Waals surface area contributed by atoms with Gasteiger partial charge in [-0.05, 0) is 60.4 Å². The maximum Gasteiger partial charge on any atom is 0.409 e. The number of hydrogen-bond donors (Lipinski definition) is 0. The lowest BCUT2D eigenvalue weighted by molar-refractivity contribution is 0.224. The van der Waals surface area contributed by atoms with Gasteiger partial charge in [-0.2, -0.15) is 0 Å². The van der Waals surface area contributed by atoms with Gasteiger partial charge in [-0.1, -0.05) is 12.1 Å². The van der Waals surface area contributed by atoms with E-state index >= 15 is 0 Å². The van der Waals surface area contributed by atoms with E-state index in [4.69, 9.17) is 32.7 Å². The molecule has 0 heterocycles. The van der Waals surface area contributed by atoms with Gasteiger partial charge in [-0.15, -0.1) is 0 Å². The second-order valence-corrected chi connectivity index (χ2v) is 5.26. The summed E-state index contributed by atoms with van der Waals surface area (Å²) in [5.41, 5.74) is 1.66. The molecule has 0 amide bonds. The van der Waals surface area contributed by atoms with Crippen LogP contribution in [0.5, 0.6) is 11.5 Å². The largest absolute Gasteiger partial charge is 0.414 e. The molecular formula is C16H12Cl2O4. The van der Waals surface area contributed by atoms with Crippen LogP contribution in [0, 0.1) is 13.8 Å². The molecule has 0 spiro atoms. The fraction of sp³-hybridized carbons (Fsp3) is 0.125. The highest BCUT2D eigenvalue weighted by atomic mass is 35.5. The first-order valence-corrected chi connectivity index (χ1v) is 7.08. The molecule has 0 N–H and O–H groups in total. The summed E-state index contributed by atoms with van der Waals surface area (Å²) in [7, 11) is 0. The highest BCUT2D eigenvalue weighted by Crippen LogP contribution is 2.30. The molecule has 22 heavy (non-hydrogen) atoms. The maximum atomic E-state index is 10.8. The Morgan fingerprint density at radius 1 is 0.773 bits per heavy atom. The van der Waals surface area contributed by atoms with Gasteiger partial charge >= 0.3 is 10.9 Å². The number of rotatable bonds is 3. The number of hydrogen-bond acceptors (Lipinski definition) is 4. The number of ether oxygens (including phenoxy) is 2. The Morgan fingerprint density at radius 3 is 1.41 bits per heavy atom. The van der Waals surface area contributed by atoms with Crippen LogP contribution in [0.2, 0.25) is 0 Å². The lowest BCUT2D eigenvalue weighted by atomic mass is 10.0. The molecule has 0 saturated carbocycles. The van der Waals surface area contributed by atoms with Crippen LogP contribution in [-0.4, -0.2) is 10.9 Å². The van der Waals surface area contributed by atoms with E-state index in [1.165, 1.54) is 0 Å². The lowest BCUT2D eigenvalue weighted by Crippen LogP contribution is -1.99. The summed E-state index contributed by atoms with van der Waals surface area (Å²) in [6.45, 7) is 3.63. The standard InChI is InChI=1S/C16H12Cl2O4/c1-9-7-11(3-5-13(9)21-15(17)19)12-4-6-14(10(2)8-12)22-16(18)20/h3-8H,1-2H3. The topological polar surface area (TPSA) is 52.6 Å². The summed E-state index contributed by atoms with van der Waals surface area (Å²) in [5.74, 6) is 0.821. The van der Waals surface area contributed by atoms with Crippen LogP contribution in [0.4, 0.5) is 9.59 Å². The minimum Gasteiger partial charge on any atom is -0.414 e. The van der Waals surface area contributed by atoms with Crippen molar-refractivity contribution < 1.29 is 19.1 Å². The zero-order chi connectivity index (χ0) is 16.3. The molecule has 0 radical (unpaired) electrons. The highest BCUT2D eigenvalue weighted by Gasteiger charge is 2.09. The molecule has 6 heteroatoms. The second-order valence-electron chi connectivity index (χ2n) is 4.64. The molecule has 0 atom stereocenters. The molecule has 0 saturated heterocycles. The van der Waals surface area contributed by atoms with Crippen LogP contribution in [0.15, 0.2) is 36.4 Å². The van der Waals surface area contributed by atoms with Crippen molar-refractivity contribution in [3.05, 3.63) is 47.5 Å². The van der Waals surface area contributed by atoms with Crippen molar-refractivity contribution in [3.63, 3.8) is 0 Å². The first kappa shape index (κ1) is 16.3. The van der Waals surface area contributed by atoms with E-state index in [1.54, 1.807) is 12.1 Å². The Morgan fingerprint density at radius 2 is 1.14 bits per heavy atom. The van der Waals surface area contributed by atoms with Gasteiger partial charge in [0.05, 0.1) is 0 Å². The van der Waals surface area contributed by atoms with Gasteiger partial charge in [0.1, 0.15) is 11.5 Å². The van der Waals surface area contributed by atoms with E-state index in [9.17, 15) is 9.59 Å². The quantitative estimate of drug-likeness (QED) is 0.698. The van der Waals surface area contributed by atoms with E-state index in [0.29, 0.717) is 11.5 Å². The molecule has 0 aromatic heterocycles. The first-order valence-electron chi connectivity index (χ1n) is 6.33. The van der Waals surface area contributed by atoms with Crippen molar-refractivity contribution in [1.29, 1.82) is 0 Å². The Balaban J connectivity index is 2.32. The third-order valence-corrected chi connectivity index (χ3v) is 3.22. The van der Waals surface area contributed by atoms with Gasteiger partial charge < -0.3 is 9.47 Å². The Kier molecular flexibility index (Phi) is 5.06. The summed E-state index contributed by atoms with van der Waals surface area (Å²) < 4.78 is 9.75. The summed E-state index contributed by atoms with van der Waals surface area (Å²) >= 11 is 10.4. The van der Waals surface area contributed by atoms with Gasteiger partial charge in [-0.3, -0.25) is 0 Å². The van der Waals surface area contributed by atoms with Gasteiger partial charge in [0.2, 0.25) is 0 Å². The summed E-state index contributed by atoms with van der Waals surface area (Å²) in [4.78, 5) is 21.6. The van der Waals surface area contributed by atoms with Crippen LogP contribution in [0.3, 0.4) is 0 Å². The fourth-order valence-electron chi connectivity index (χ4n) is 2.06. The molecule has 0 bridgehead atoms. The monoisotopic (exact) mass is 338 g/mol. The van der Waals surface area contributed by atoms with Crippen molar-refractivity contribution in [2.24, 2.45) is 0 Å². The number of aryl methyl sites for hydroxylation is 2. The average molecular weight is 339 g/mol. The molecule has 2 aromatic rings. The number of carbonyl (C=O) groups excluding carboxylic acids is 2. The predicted molar refractivity (Wildman–Crippen MR) is 85.1 cm³/mol. The first-order chi connectivity index (χ1) is 10.4. The zero-order valence-electron chi connectivity index (χ0n) is 11.9. The molecule has 0 aliphatic carbocycles. The van der Waals surface area contributed by atoms with Crippen LogP contribution in [-0.2, 0) is 0 Å². The van der Waals surface area contributed by atoms with Crippen molar-refractivity contribution in [2.75, 3.05) is 0 Å². The highest BCUT2D eigenvalue weighted by molar-refractivity contribution is 6.61. The Bertz CT molecular complexity index is 677. The van der Waals surface area contributed by atoms with Crippen LogP contribution >= 0.6 is 23.2 Å². The van der Waals surface area contributed by atoms with Gasteiger partial charge in [0.15, 0.2) is 0 Å². The summed E-state index contributed by atoms with van der Waals surface area (Å²) in [6, 6.07) is 10.7. The third-order valence-electron chi connectivity index (χ3n) is 3.06. The summed E-state index contributed by atoms with van der Waals surface area (Å²) in [6.07, 6.45) is 0. The number of halogens is 2. The lowest BCUT2D eigenvalue weighted by Gasteiger charge is -2.10. The van der Waals surface area contributed by atoms with Crippen LogP contribution in [0.25, 0.3) is 11.1 Å².